The number of furan rings is 1. The van der Waals surface area contributed by atoms with E-state index in [0.717, 1.165) is 65.1 Å². The average Bonchev–Trinajstić information content (AvgIpc) is 3.16. The monoisotopic (exact) mass is 425 g/mol. The number of thioether (sulfide) groups is 1. The molecule has 3 aromatic rings. The van der Waals surface area contributed by atoms with Gasteiger partial charge in [-0.2, -0.15) is 0 Å². The summed E-state index contributed by atoms with van der Waals surface area (Å²) in [7, 11) is 1.53. The van der Waals surface area contributed by atoms with Gasteiger partial charge >= 0.3 is 0 Å². The van der Waals surface area contributed by atoms with E-state index in [1.54, 1.807) is 23.9 Å². The molecule has 1 N–H and O–H groups in total. The SMILES string of the molecule is COc1cc(-c2oc3ccc(CCC(=O)N4CCCCC4)cc3c2SC)ccc1O. The maximum Gasteiger partial charge on any atom is 0.222 e. The third-order valence-corrected chi connectivity index (χ3v) is 6.50. The summed E-state index contributed by atoms with van der Waals surface area (Å²) in [5.74, 6) is 1.53. The van der Waals surface area contributed by atoms with Gasteiger partial charge in [0.15, 0.2) is 11.5 Å². The Labute approximate surface area is 181 Å². The summed E-state index contributed by atoms with van der Waals surface area (Å²) in [6.45, 7) is 1.80. The van der Waals surface area contributed by atoms with E-state index >= 15 is 0 Å². The van der Waals surface area contributed by atoms with Crippen molar-refractivity contribution in [3.63, 3.8) is 0 Å². The van der Waals surface area contributed by atoms with E-state index < -0.39 is 0 Å². The van der Waals surface area contributed by atoms with Gasteiger partial charge in [-0.1, -0.05) is 6.07 Å². The summed E-state index contributed by atoms with van der Waals surface area (Å²) in [4.78, 5) is 15.6. The molecule has 6 heteroatoms. The molecule has 0 atom stereocenters. The quantitative estimate of drug-likeness (QED) is 0.530. The lowest BCUT2D eigenvalue weighted by Gasteiger charge is -2.26. The molecule has 4 rings (SSSR count). The minimum atomic E-state index is 0.101. The highest BCUT2D eigenvalue weighted by Gasteiger charge is 2.19. The Balaban J connectivity index is 1.59. The van der Waals surface area contributed by atoms with Gasteiger partial charge in [0.25, 0.3) is 0 Å². The molecule has 1 amide bonds. The number of fused-ring (bicyclic) bond motifs is 1. The Morgan fingerprint density at radius 2 is 1.97 bits per heavy atom. The summed E-state index contributed by atoms with van der Waals surface area (Å²) in [6.07, 6.45) is 6.77. The van der Waals surface area contributed by atoms with Crippen molar-refractivity contribution >= 4 is 28.6 Å². The molecule has 1 fully saturated rings. The molecule has 1 aliphatic heterocycles. The van der Waals surface area contributed by atoms with Crippen molar-refractivity contribution < 1.29 is 19.1 Å². The van der Waals surface area contributed by atoms with Gasteiger partial charge in [-0.05, 0) is 67.8 Å². The Kier molecular flexibility index (Phi) is 6.23. The highest BCUT2D eigenvalue weighted by atomic mass is 32.2. The average molecular weight is 426 g/mol. The number of ether oxygens (including phenoxy) is 1. The number of hydrogen-bond acceptors (Lipinski definition) is 5. The van der Waals surface area contributed by atoms with Crippen LogP contribution in [0.2, 0.25) is 0 Å². The summed E-state index contributed by atoms with van der Waals surface area (Å²) in [6, 6.07) is 11.4. The molecule has 0 spiro atoms. The predicted octanol–water partition coefficient (Wildman–Crippen LogP) is 5.48. The summed E-state index contributed by atoms with van der Waals surface area (Å²) in [5, 5.41) is 10.9. The number of carbonyl (C=O) groups is 1. The molecule has 1 saturated heterocycles. The second-order valence-corrected chi connectivity index (χ2v) is 8.44. The fraction of sp³-hybridized carbons (Fsp3) is 0.375. The maximum atomic E-state index is 12.5. The van der Waals surface area contributed by atoms with Crippen LogP contribution in [-0.4, -0.2) is 42.4 Å². The number of hydrogen-bond donors (Lipinski definition) is 1. The fourth-order valence-corrected chi connectivity index (χ4v) is 4.77. The predicted molar refractivity (Wildman–Crippen MR) is 120 cm³/mol. The van der Waals surface area contributed by atoms with Crippen LogP contribution < -0.4 is 4.74 Å². The van der Waals surface area contributed by atoms with E-state index in [1.807, 2.05) is 29.4 Å². The van der Waals surface area contributed by atoms with E-state index in [2.05, 4.69) is 6.07 Å². The van der Waals surface area contributed by atoms with Crippen molar-refractivity contribution in [1.29, 1.82) is 0 Å². The normalized spacial score (nSPS) is 14.3. The number of phenols is 1. The molecule has 30 heavy (non-hydrogen) atoms. The smallest absolute Gasteiger partial charge is 0.222 e. The van der Waals surface area contributed by atoms with Crippen LogP contribution >= 0.6 is 11.8 Å². The zero-order chi connectivity index (χ0) is 21.1. The first kappa shape index (κ1) is 20.7. The Morgan fingerprint density at radius 3 is 2.70 bits per heavy atom. The van der Waals surface area contributed by atoms with Crippen molar-refractivity contribution in [2.45, 2.75) is 37.0 Å². The molecular weight excluding hydrogens is 398 g/mol. The first-order valence-corrected chi connectivity index (χ1v) is 11.6. The lowest BCUT2D eigenvalue weighted by atomic mass is 10.1. The number of piperidine rings is 1. The summed E-state index contributed by atoms with van der Waals surface area (Å²) < 4.78 is 11.4. The minimum Gasteiger partial charge on any atom is -0.504 e. The first-order chi connectivity index (χ1) is 14.6. The molecule has 5 nitrogen and oxygen atoms in total. The zero-order valence-corrected chi connectivity index (χ0v) is 18.3. The van der Waals surface area contributed by atoms with Gasteiger partial charge in [0.1, 0.15) is 11.3 Å². The topological polar surface area (TPSA) is 62.9 Å². The summed E-state index contributed by atoms with van der Waals surface area (Å²) in [5.41, 5.74) is 2.80. The van der Waals surface area contributed by atoms with Crippen molar-refractivity contribution in [2.24, 2.45) is 0 Å². The van der Waals surface area contributed by atoms with Gasteiger partial charge in [0.2, 0.25) is 5.91 Å². The molecule has 0 unspecified atom stereocenters. The van der Waals surface area contributed by atoms with Crippen molar-refractivity contribution in [3.8, 4) is 22.8 Å². The molecular formula is C24H27NO4S. The number of aryl methyl sites for hydroxylation is 1. The largest absolute Gasteiger partial charge is 0.504 e. The number of amides is 1. The van der Waals surface area contributed by atoms with E-state index in [1.165, 1.54) is 13.5 Å². The maximum absolute atomic E-state index is 12.5. The van der Waals surface area contributed by atoms with E-state index in [-0.39, 0.29) is 11.7 Å². The van der Waals surface area contributed by atoms with Crippen LogP contribution in [0, 0.1) is 0 Å². The minimum absolute atomic E-state index is 0.101. The van der Waals surface area contributed by atoms with Crippen molar-refractivity contribution in [3.05, 3.63) is 42.0 Å². The Bertz CT molecular complexity index is 1050. The first-order valence-electron chi connectivity index (χ1n) is 10.3. The third-order valence-electron chi connectivity index (χ3n) is 5.69. The van der Waals surface area contributed by atoms with Gasteiger partial charge in [0.05, 0.1) is 12.0 Å². The number of nitrogens with zero attached hydrogens (tertiary/aromatic N) is 1. The summed E-state index contributed by atoms with van der Waals surface area (Å²) >= 11 is 1.63. The molecule has 1 aromatic heterocycles. The van der Waals surface area contributed by atoms with E-state index in [9.17, 15) is 9.90 Å². The van der Waals surface area contributed by atoms with Crippen LogP contribution in [0.25, 0.3) is 22.3 Å². The number of phenolic OH excluding ortho intramolecular Hbond substituents is 1. The standard InChI is InChI=1S/C24H27NO4S/c1-28-21-15-17(8-9-19(21)26)23-24(30-2)18-14-16(6-10-20(18)29-23)7-11-22(27)25-12-4-3-5-13-25/h6,8-10,14-15,26H,3-5,7,11-13H2,1-2H3. The number of aromatic hydroxyl groups is 1. The van der Waals surface area contributed by atoms with Crippen LogP contribution in [0.3, 0.4) is 0 Å². The van der Waals surface area contributed by atoms with Gasteiger partial charge in [-0.3, -0.25) is 4.79 Å². The molecule has 0 bridgehead atoms. The van der Waals surface area contributed by atoms with Crippen LogP contribution in [0.15, 0.2) is 45.7 Å². The second kappa shape index (κ2) is 9.04. The Hall–Kier alpha value is -2.60. The molecule has 2 heterocycles. The third kappa shape index (κ3) is 4.15. The number of carbonyl (C=O) groups excluding carboxylic acids is 1. The van der Waals surface area contributed by atoms with Crippen LogP contribution in [0.4, 0.5) is 0 Å². The number of benzene rings is 2. The molecule has 1 aliphatic rings. The second-order valence-electron chi connectivity index (χ2n) is 7.62. The highest BCUT2D eigenvalue weighted by molar-refractivity contribution is 7.99. The zero-order valence-electron chi connectivity index (χ0n) is 17.4. The van der Waals surface area contributed by atoms with Crippen molar-refractivity contribution in [2.75, 3.05) is 26.5 Å². The Morgan fingerprint density at radius 1 is 1.17 bits per heavy atom. The highest BCUT2D eigenvalue weighted by Crippen LogP contribution is 2.42. The van der Waals surface area contributed by atoms with E-state index in [4.69, 9.17) is 9.15 Å². The molecule has 0 saturated carbocycles. The van der Waals surface area contributed by atoms with E-state index in [0.29, 0.717) is 12.2 Å². The fourth-order valence-electron chi connectivity index (χ4n) is 4.04. The van der Waals surface area contributed by atoms with Gasteiger partial charge in [-0.25, -0.2) is 0 Å². The van der Waals surface area contributed by atoms with Crippen LogP contribution in [0.5, 0.6) is 11.5 Å². The number of likely N-dealkylation sites (tertiary alicyclic amines) is 1. The lowest BCUT2D eigenvalue weighted by molar-refractivity contribution is -0.132. The lowest BCUT2D eigenvalue weighted by Crippen LogP contribution is -2.35. The molecule has 0 radical (unpaired) electrons. The van der Waals surface area contributed by atoms with Crippen LogP contribution in [-0.2, 0) is 11.2 Å². The molecule has 2 aromatic carbocycles. The number of rotatable bonds is 6. The van der Waals surface area contributed by atoms with Crippen LogP contribution in [0.1, 0.15) is 31.2 Å². The van der Waals surface area contributed by atoms with Gasteiger partial charge in [-0.15, -0.1) is 11.8 Å². The molecule has 158 valence electrons. The molecule has 0 aliphatic carbocycles. The number of methoxy groups -OCH3 is 1. The van der Waals surface area contributed by atoms with Crippen molar-refractivity contribution in [1.82, 2.24) is 4.90 Å². The van der Waals surface area contributed by atoms with Gasteiger partial charge < -0.3 is 19.2 Å². The van der Waals surface area contributed by atoms with Gasteiger partial charge in [0, 0.05) is 30.5 Å².